The number of rotatable bonds is 2. The predicted octanol–water partition coefficient (Wildman–Crippen LogP) is 0.757. The number of anilines is 1. The topological polar surface area (TPSA) is 41.1 Å². The summed E-state index contributed by atoms with van der Waals surface area (Å²) in [4.78, 5) is 11.2. The zero-order chi connectivity index (χ0) is 10.7. The Bertz CT molecular complexity index is 331. The van der Waals surface area contributed by atoms with Crippen LogP contribution in [-0.4, -0.2) is 36.1 Å². The summed E-state index contributed by atoms with van der Waals surface area (Å²) in [6.45, 7) is 8.35. The van der Waals surface area contributed by atoms with Crippen LogP contribution in [0.1, 0.15) is 18.4 Å². The van der Waals surface area contributed by atoms with Gasteiger partial charge in [0.1, 0.15) is 5.82 Å². The van der Waals surface area contributed by atoms with Crippen molar-refractivity contribution in [2.24, 2.45) is 0 Å². The molecule has 0 amide bonds. The number of hydrogen-bond acceptors (Lipinski definition) is 4. The quantitative estimate of drug-likeness (QED) is 0.775. The predicted molar refractivity (Wildman–Crippen MR) is 61.2 cm³/mol. The third-order valence-corrected chi connectivity index (χ3v) is 2.78. The van der Waals surface area contributed by atoms with Crippen LogP contribution in [0.3, 0.4) is 0 Å². The standard InChI is InChI=1S/C11H18N4/c1-3-11-13-8-10(9(2)14-11)15-6-4-12-5-7-15/h8,12H,3-7H2,1-2H3. The maximum atomic E-state index is 4.49. The molecule has 0 aromatic carbocycles. The van der Waals surface area contributed by atoms with Crippen LogP contribution in [-0.2, 0) is 6.42 Å². The number of nitrogens with one attached hydrogen (secondary N) is 1. The van der Waals surface area contributed by atoms with E-state index in [0.717, 1.165) is 44.1 Å². The molecule has 1 saturated heterocycles. The molecule has 0 radical (unpaired) electrons. The first-order valence-electron chi connectivity index (χ1n) is 5.59. The minimum atomic E-state index is 0.905. The largest absolute Gasteiger partial charge is 0.366 e. The van der Waals surface area contributed by atoms with E-state index in [2.05, 4.69) is 34.0 Å². The second-order valence-corrected chi connectivity index (χ2v) is 3.85. The number of nitrogens with zero attached hydrogens (tertiary/aromatic N) is 3. The Morgan fingerprint density at radius 1 is 1.40 bits per heavy atom. The minimum absolute atomic E-state index is 0.905. The molecule has 2 rings (SSSR count). The van der Waals surface area contributed by atoms with Gasteiger partial charge in [0.25, 0.3) is 0 Å². The molecule has 15 heavy (non-hydrogen) atoms. The highest BCUT2D eigenvalue weighted by atomic mass is 15.2. The summed E-state index contributed by atoms with van der Waals surface area (Å²) in [6, 6.07) is 0. The van der Waals surface area contributed by atoms with Gasteiger partial charge in [0, 0.05) is 32.6 Å². The molecule has 0 bridgehead atoms. The van der Waals surface area contributed by atoms with Crippen LogP contribution in [0.2, 0.25) is 0 Å². The van der Waals surface area contributed by atoms with Gasteiger partial charge in [-0.3, -0.25) is 0 Å². The van der Waals surface area contributed by atoms with Crippen LogP contribution >= 0.6 is 0 Å². The van der Waals surface area contributed by atoms with Gasteiger partial charge in [-0.2, -0.15) is 0 Å². The van der Waals surface area contributed by atoms with Crippen molar-refractivity contribution in [3.63, 3.8) is 0 Å². The maximum Gasteiger partial charge on any atom is 0.128 e. The Morgan fingerprint density at radius 2 is 2.13 bits per heavy atom. The summed E-state index contributed by atoms with van der Waals surface area (Å²) in [5.74, 6) is 0.936. The second-order valence-electron chi connectivity index (χ2n) is 3.85. The van der Waals surface area contributed by atoms with Crippen LogP contribution in [0.15, 0.2) is 6.20 Å². The van der Waals surface area contributed by atoms with E-state index < -0.39 is 0 Å². The highest BCUT2D eigenvalue weighted by molar-refractivity contribution is 5.48. The molecule has 1 fully saturated rings. The fraction of sp³-hybridized carbons (Fsp3) is 0.636. The molecule has 1 N–H and O–H groups in total. The van der Waals surface area contributed by atoms with E-state index in [1.807, 2.05) is 6.20 Å². The van der Waals surface area contributed by atoms with Crippen LogP contribution in [0.5, 0.6) is 0 Å². The number of piperazine rings is 1. The number of aryl methyl sites for hydroxylation is 2. The van der Waals surface area contributed by atoms with Gasteiger partial charge in [-0.1, -0.05) is 6.92 Å². The van der Waals surface area contributed by atoms with Gasteiger partial charge in [-0.25, -0.2) is 9.97 Å². The first kappa shape index (κ1) is 10.4. The Balaban J connectivity index is 2.19. The van der Waals surface area contributed by atoms with Gasteiger partial charge in [0.2, 0.25) is 0 Å². The molecule has 2 heterocycles. The first-order chi connectivity index (χ1) is 7.31. The maximum absolute atomic E-state index is 4.49. The van der Waals surface area contributed by atoms with Crippen LogP contribution < -0.4 is 10.2 Å². The molecule has 0 saturated carbocycles. The van der Waals surface area contributed by atoms with Crippen LogP contribution in [0, 0.1) is 6.92 Å². The van der Waals surface area contributed by atoms with Crippen molar-refractivity contribution in [3.05, 3.63) is 17.7 Å². The molecule has 0 aliphatic carbocycles. The van der Waals surface area contributed by atoms with E-state index in [4.69, 9.17) is 0 Å². The van der Waals surface area contributed by atoms with E-state index in [9.17, 15) is 0 Å². The third-order valence-electron chi connectivity index (χ3n) is 2.78. The average Bonchev–Trinajstić information content (AvgIpc) is 2.30. The SMILES string of the molecule is CCc1ncc(N2CCNCC2)c(C)n1. The summed E-state index contributed by atoms with van der Waals surface area (Å²) in [5.41, 5.74) is 2.29. The Labute approximate surface area is 90.7 Å². The van der Waals surface area contributed by atoms with Gasteiger partial charge >= 0.3 is 0 Å². The zero-order valence-electron chi connectivity index (χ0n) is 9.45. The Morgan fingerprint density at radius 3 is 2.73 bits per heavy atom. The highest BCUT2D eigenvalue weighted by Gasteiger charge is 2.13. The van der Waals surface area contributed by atoms with E-state index in [0.29, 0.717) is 0 Å². The first-order valence-corrected chi connectivity index (χ1v) is 5.59. The summed E-state index contributed by atoms with van der Waals surface area (Å²) >= 11 is 0. The van der Waals surface area contributed by atoms with Gasteiger partial charge < -0.3 is 10.2 Å². The van der Waals surface area contributed by atoms with Crippen molar-refractivity contribution in [2.45, 2.75) is 20.3 Å². The molecule has 1 aliphatic rings. The smallest absolute Gasteiger partial charge is 0.128 e. The normalized spacial score (nSPS) is 16.8. The molecular formula is C11H18N4. The van der Waals surface area contributed by atoms with E-state index in [1.165, 1.54) is 5.69 Å². The van der Waals surface area contributed by atoms with Crippen molar-refractivity contribution in [2.75, 3.05) is 31.1 Å². The van der Waals surface area contributed by atoms with Crippen molar-refractivity contribution in [1.29, 1.82) is 0 Å². The van der Waals surface area contributed by atoms with Crippen molar-refractivity contribution < 1.29 is 0 Å². The lowest BCUT2D eigenvalue weighted by atomic mass is 10.2. The van der Waals surface area contributed by atoms with Gasteiger partial charge in [0.05, 0.1) is 17.6 Å². The molecular weight excluding hydrogens is 188 g/mol. The molecule has 0 atom stereocenters. The molecule has 1 aromatic heterocycles. The molecule has 4 nitrogen and oxygen atoms in total. The highest BCUT2D eigenvalue weighted by Crippen LogP contribution is 2.17. The monoisotopic (exact) mass is 206 g/mol. The third kappa shape index (κ3) is 2.26. The molecule has 1 aromatic rings. The average molecular weight is 206 g/mol. The number of hydrogen-bond donors (Lipinski definition) is 1. The van der Waals surface area contributed by atoms with Gasteiger partial charge in [-0.15, -0.1) is 0 Å². The molecule has 82 valence electrons. The Kier molecular flexibility index (Phi) is 3.16. The minimum Gasteiger partial charge on any atom is -0.366 e. The zero-order valence-corrected chi connectivity index (χ0v) is 9.45. The van der Waals surface area contributed by atoms with E-state index in [1.54, 1.807) is 0 Å². The van der Waals surface area contributed by atoms with Crippen molar-refractivity contribution in [3.8, 4) is 0 Å². The van der Waals surface area contributed by atoms with Crippen LogP contribution in [0.25, 0.3) is 0 Å². The lowest BCUT2D eigenvalue weighted by molar-refractivity contribution is 0.586. The molecule has 0 unspecified atom stereocenters. The summed E-state index contributed by atoms with van der Waals surface area (Å²) < 4.78 is 0. The second kappa shape index (κ2) is 4.57. The molecule has 4 heteroatoms. The number of aromatic nitrogens is 2. The van der Waals surface area contributed by atoms with Crippen molar-refractivity contribution >= 4 is 5.69 Å². The molecule has 0 spiro atoms. The van der Waals surface area contributed by atoms with Gasteiger partial charge in [-0.05, 0) is 6.92 Å². The summed E-state index contributed by atoms with van der Waals surface area (Å²) in [7, 11) is 0. The van der Waals surface area contributed by atoms with E-state index in [-0.39, 0.29) is 0 Å². The molecule has 1 aliphatic heterocycles. The fourth-order valence-electron chi connectivity index (χ4n) is 1.90. The lowest BCUT2D eigenvalue weighted by Gasteiger charge is -2.29. The van der Waals surface area contributed by atoms with Crippen LogP contribution in [0.4, 0.5) is 5.69 Å². The van der Waals surface area contributed by atoms with Crippen molar-refractivity contribution in [1.82, 2.24) is 15.3 Å². The lowest BCUT2D eigenvalue weighted by Crippen LogP contribution is -2.44. The fourth-order valence-corrected chi connectivity index (χ4v) is 1.90. The van der Waals surface area contributed by atoms with Gasteiger partial charge in [0.15, 0.2) is 0 Å². The summed E-state index contributed by atoms with van der Waals surface area (Å²) in [6.07, 6.45) is 2.87. The van der Waals surface area contributed by atoms with E-state index >= 15 is 0 Å². The Hall–Kier alpha value is -1.16. The summed E-state index contributed by atoms with van der Waals surface area (Å²) in [5, 5.41) is 3.34.